The highest BCUT2D eigenvalue weighted by Gasteiger charge is 2.18. The SMILES string of the molecule is CC(C)(C)c1ccc(CN2CCNCCN(Cc3ccc(C(C)(C)C)cc3)CCN(Cc3ccc(C(C)(C)C)cc3)CC2)cc1. The molecule has 0 aromatic heterocycles. The van der Waals surface area contributed by atoms with Gasteiger partial charge in [0, 0.05) is 72.0 Å². The molecular formula is C41H62N4. The number of benzene rings is 3. The van der Waals surface area contributed by atoms with Gasteiger partial charge in [0.2, 0.25) is 0 Å². The molecule has 0 unspecified atom stereocenters. The molecule has 1 saturated heterocycles. The molecule has 4 heteroatoms. The summed E-state index contributed by atoms with van der Waals surface area (Å²) in [5, 5.41) is 3.76. The predicted octanol–water partition coefficient (Wildman–Crippen LogP) is 7.99. The second-order valence-corrected chi connectivity index (χ2v) is 16.4. The summed E-state index contributed by atoms with van der Waals surface area (Å²) in [7, 11) is 0. The normalized spacial score (nSPS) is 17.5. The summed E-state index contributed by atoms with van der Waals surface area (Å²) in [6, 6.07) is 28.0. The van der Waals surface area contributed by atoms with E-state index in [0.29, 0.717) is 0 Å². The summed E-state index contributed by atoms with van der Waals surface area (Å²) < 4.78 is 0. The Morgan fingerprint density at radius 1 is 0.400 bits per heavy atom. The maximum absolute atomic E-state index is 3.76. The van der Waals surface area contributed by atoms with Crippen molar-refractivity contribution in [1.82, 2.24) is 20.0 Å². The molecule has 1 aliphatic rings. The minimum absolute atomic E-state index is 0.178. The highest BCUT2D eigenvalue weighted by molar-refractivity contribution is 5.29. The Kier molecular flexibility index (Phi) is 12.1. The smallest absolute Gasteiger partial charge is 0.0234 e. The van der Waals surface area contributed by atoms with E-state index in [1.807, 2.05) is 0 Å². The lowest BCUT2D eigenvalue weighted by Crippen LogP contribution is -2.44. The molecule has 0 saturated carbocycles. The van der Waals surface area contributed by atoms with Crippen molar-refractivity contribution in [2.45, 2.75) is 98.2 Å². The maximum Gasteiger partial charge on any atom is 0.0234 e. The zero-order chi connectivity index (χ0) is 32.7. The minimum Gasteiger partial charge on any atom is -0.314 e. The second kappa shape index (κ2) is 15.4. The van der Waals surface area contributed by atoms with Gasteiger partial charge in [0.25, 0.3) is 0 Å². The van der Waals surface area contributed by atoms with Crippen LogP contribution in [0.3, 0.4) is 0 Å². The van der Waals surface area contributed by atoms with E-state index in [1.165, 1.54) is 33.4 Å². The van der Waals surface area contributed by atoms with Crippen LogP contribution in [-0.4, -0.2) is 67.1 Å². The predicted molar refractivity (Wildman–Crippen MR) is 194 cm³/mol. The van der Waals surface area contributed by atoms with Gasteiger partial charge in [-0.15, -0.1) is 0 Å². The molecule has 1 heterocycles. The van der Waals surface area contributed by atoms with Gasteiger partial charge in [-0.3, -0.25) is 14.7 Å². The molecule has 45 heavy (non-hydrogen) atoms. The van der Waals surface area contributed by atoms with E-state index < -0.39 is 0 Å². The topological polar surface area (TPSA) is 21.8 Å². The summed E-state index contributed by atoms with van der Waals surface area (Å²) in [5.41, 5.74) is 8.98. The zero-order valence-corrected chi connectivity index (χ0v) is 30.0. The first-order valence-electron chi connectivity index (χ1n) is 17.3. The molecular weight excluding hydrogens is 548 g/mol. The molecule has 0 amide bonds. The zero-order valence-electron chi connectivity index (χ0n) is 30.0. The summed E-state index contributed by atoms with van der Waals surface area (Å²) in [4.78, 5) is 7.97. The van der Waals surface area contributed by atoms with Crippen molar-refractivity contribution in [3.63, 3.8) is 0 Å². The van der Waals surface area contributed by atoms with Gasteiger partial charge in [-0.25, -0.2) is 0 Å². The first kappa shape index (κ1) is 35.4. The van der Waals surface area contributed by atoms with Crippen LogP contribution in [0.1, 0.15) is 95.7 Å². The van der Waals surface area contributed by atoms with Crippen LogP contribution in [0.5, 0.6) is 0 Å². The molecule has 3 aromatic carbocycles. The van der Waals surface area contributed by atoms with Gasteiger partial charge in [0.1, 0.15) is 0 Å². The molecule has 0 spiro atoms. The van der Waals surface area contributed by atoms with Gasteiger partial charge < -0.3 is 5.32 Å². The highest BCUT2D eigenvalue weighted by atomic mass is 15.2. The molecule has 0 atom stereocenters. The minimum atomic E-state index is 0.178. The molecule has 3 aromatic rings. The first-order chi connectivity index (χ1) is 21.2. The summed E-state index contributed by atoms with van der Waals surface area (Å²) in [5.74, 6) is 0. The van der Waals surface area contributed by atoms with Crippen LogP contribution in [0, 0.1) is 0 Å². The van der Waals surface area contributed by atoms with Crippen LogP contribution < -0.4 is 5.32 Å². The number of rotatable bonds is 6. The van der Waals surface area contributed by atoms with Gasteiger partial charge in [0.05, 0.1) is 0 Å². The first-order valence-corrected chi connectivity index (χ1v) is 17.3. The third-order valence-electron chi connectivity index (χ3n) is 9.35. The number of nitrogens with one attached hydrogen (secondary N) is 1. The lowest BCUT2D eigenvalue weighted by molar-refractivity contribution is 0.157. The van der Waals surface area contributed by atoms with Crippen molar-refractivity contribution in [3.8, 4) is 0 Å². The van der Waals surface area contributed by atoms with Gasteiger partial charge in [-0.05, 0) is 49.6 Å². The van der Waals surface area contributed by atoms with Gasteiger partial charge in [-0.2, -0.15) is 0 Å². The molecule has 1 fully saturated rings. The lowest BCUT2D eigenvalue weighted by atomic mass is 9.86. The van der Waals surface area contributed by atoms with Crippen LogP contribution in [0.2, 0.25) is 0 Å². The van der Waals surface area contributed by atoms with Crippen LogP contribution >= 0.6 is 0 Å². The number of nitrogens with zero attached hydrogens (tertiary/aromatic N) is 3. The Morgan fingerprint density at radius 3 is 0.889 bits per heavy atom. The second-order valence-electron chi connectivity index (χ2n) is 16.4. The largest absolute Gasteiger partial charge is 0.314 e. The monoisotopic (exact) mass is 610 g/mol. The van der Waals surface area contributed by atoms with E-state index in [-0.39, 0.29) is 16.2 Å². The molecule has 0 radical (unpaired) electrons. The molecule has 4 nitrogen and oxygen atoms in total. The van der Waals surface area contributed by atoms with Crippen LogP contribution in [0.15, 0.2) is 72.8 Å². The molecule has 1 aliphatic heterocycles. The van der Waals surface area contributed by atoms with E-state index in [1.54, 1.807) is 0 Å². The molecule has 0 aliphatic carbocycles. The molecule has 0 bridgehead atoms. The van der Waals surface area contributed by atoms with Crippen LogP contribution in [-0.2, 0) is 35.9 Å². The van der Waals surface area contributed by atoms with Crippen molar-refractivity contribution < 1.29 is 0 Å². The van der Waals surface area contributed by atoms with Crippen LogP contribution in [0.4, 0.5) is 0 Å². The Bertz CT molecular complexity index is 1220. The summed E-state index contributed by atoms with van der Waals surface area (Å²) in [6.07, 6.45) is 0. The van der Waals surface area contributed by atoms with Crippen molar-refractivity contribution in [2.75, 3.05) is 52.4 Å². The summed E-state index contributed by atoms with van der Waals surface area (Å²) >= 11 is 0. The van der Waals surface area contributed by atoms with E-state index in [2.05, 4.69) is 155 Å². The van der Waals surface area contributed by atoms with Gasteiger partial charge in [0.15, 0.2) is 0 Å². The average molecular weight is 611 g/mol. The van der Waals surface area contributed by atoms with Crippen LogP contribution in [0.25, 0.3) is 0 Å². The lowest BCUT2D eigenvalue weighted by Gasteiger charge is -2.32. The fourth-order valence-electron chi connectivity index (χ4n) is 6.08. The quantitative estimate of drug-likeness (QED) is 0.305. The Hall–Kier alpha value is -2.50. The molecule has 1 N–H and O–H groups in total. The van der Waals surface area contributed by atoms with Crippen molar-refractivity contribution in [3.05, 3.63) is 106 Å². The molecule has 246 valence electrons. The Balaban J connectivity index is 1.47. The fraction of sp³-hybridized carbons (Fsp3) is 0.561. The third kappa shape index (κ3) is 11.4. The number of hydrogen-bond donors (Lipinski definition) is 1. The number of hydrogen-bond acceptors (Lipinski definition) is 4. The maximum atomic E-state index is 3.76. The Morgan fingerprint density at radius 2 is 0.644 bits per heavy atom. The summed E-state index contributed by atoms with van der Waals surface area (Å²) in [6.45, 7) is 32.0. The van der Waals surface area contributed by atoms with Gasteiger partial charge >= 0.3 is 0 Å². The average Bonchev–Trinajstić information content (AvgIpc) is 2.96. The fourth-order valence-corrected chi connectivity index (χ4v) is 6.08. The van der Waals surface area contributed by atoms with E-state index in [0.717, 1.165) is 72.0 Å². The van der Waals surface area contributed by atoms with Crippen molar-refractivity contribution >= 4 is 0 Å². The van der Waals surface area contributed by atoms with E-state index in [9.17, 15) is 0 Å². The van der Waals surface area contributed by atoms with Crippen molar-refractivity contribution in [2.24, 2.45) is 0 Å². The van der Waals surface area contributed by atoms with E-state index in [4.69, 9.17) is 0 Å². The Labute approximate surface area is 276 Å². The van der Waals surface area contributed by atoms with E-state index >= 15 is 0 Å². The third-order valence-corrected chi connectivity index (χ3v) is 9.35. The standard InChI is InChI=1S/C41H62N4/c1-39(2,3)36-16-10-33(11-17-36)30-43-24-22-42-23-25-44(31-34-12-18-37(19-13-34)40(4,5)6)27-29-45(28-26-43)32-35-14-20-38(21-15-35)41(7,8)9/h10-21,42H,22-32H2,1-9H3. The van der Waals surface area contributed by atoms with Crippen molar-refractivity contribution in [1.29, 1.82) is 0 Å². The highest BCUT2D eigenvalue weighted by Crippen LogP contribution is 2.25. The van der Waals surface area contributed by atoms with Gasteiger partial charge in [-0.1, -0.05) is 135 Å². The molecule has 4 rings (SSSR count).